The first-order chi connectivity index (χ1) is 11.2. The van der Waals surface area contributed by atoms with E-state index in [1.807, 2.05) is 13.8 Å². The third-order valence-corrected chi connectivity index (χ3v) is 4.86. The van der Waals surface area contributed by atoms with Crippen LogP contribution in [0.1, 0.15) is 30.6 Å². The van der Waals surface area contributed by atoms with Crippen molar-refractivity contribution in [1.82, 2.24) is 10.3 Å². The summed E-state index contributed by atoms with van der Waals surface area (Å²) >= 11 is 1.16. The van der Waals surface area contributed by atoms with Gasteiger partial charge in [0.05, 0.1) is 29.1 Å². The molecule has 0 saturated heterocycles. The van der Waals surface area contributed by atoms with Gasteiger partial charge in [0, 0.05) is 5.56 Å². The van der Waals surface area contributed by atoms with Gasteiger partial charge in [-0.15, -0.1) is 0 Å². The molecule has 1 atom stereocenters. The maximum atomic E-state index is 12.3. The topological polar surface area (TPSA) is 108 Å². The molecule has 0 saturated carbocycles. The molecule has 24 heavy (non-hydrogen) atoms. The lowest BCUT2D eigenvalue weighted by molar-refractivity contribution is 0.0908. The summed E-state index contributed by atoms with van der Waals surface area (Å²) in [5.74, 6) is 0.0821. The summed E-state index contributed by atoms with van der Waals surface area (Å²) in [5.41, 5.74) is 1.06. The Balaban J connectivity index is 2.18. The third kappa shape index (κ3) is 5.15. The van der Waals surface area contributed by atoms with E-state index in [1.54, 1.807) is 18.2 Å². The highest BCUT2D eigenvalue weighted by Crippen LogP contribution is 2.27. The van der Waals surface area contributed by atoms with Crippen LogP contribution in [-0.2, 0) is 10.0 Å². The van der Waals surface area contributed by atoms with Gasteiger partial charge in [0.15, 0.2) is 5.13 Å². The van der Waals surface area contributed by atoms with Gasteiger partial charge in [-0.25, -0.2) is 13.4 Å². The molecule has 0 bridgehead atoms. The summed E-state index contributed by atoms with van der Waals surface area (Å²) in [6, 6.07) is 4.67. The summed E-state index contributed by atoms with van der Waals surface area (Å²) in [6.45, 7) is 3.93. The first-order valence-electron chi connectivity index (χ1n) is 7.48. The van der Waals surface area contributed by atoms with Crippen LogP contribution < -0.4 is 10.0 Å². The molecule has 0 radical (unpaired) electrons. The molecule has 1 heterocycles. The Morgan fingerprint density at radius 3 is 2.67 bits per heavy atom. The maximum absolute atomic E-state index is 12.3. The van der Waals surface area contributed by atoms with Gasteiger partial charge in [-0.05, 0) is 30.5 Å². The number of thiazole rings is 1. The van der Waals surface area contributed by atoms with Crippen molar-refractivity contribution in [3.8, 4) is 0 Å². The molecule has 0 spiro atoms. The molecule has 2 aromatic rings. The Kier molecular flexibility index (Phi) is 5.79. The SMILES string of the molecule is CC(C)C[C@@H](CO)NC(=O)c1ccc2nc(NS(C)(=O)=O)sc2c1. The smallest absolute Gasteiger partial charge is 0.251 e. The number of amides is 1. The second-order valence-electron chi connectivity index (χ2n) is 6.06. The van der Waals surface area contributed by atoms with E-state index in [0.29, 0.717) is 28.1 Å². The molecule has 9 heteroatoms. The van der Waals surface area contributed by atoms with Crippen molar-refractivity contribution in [1.29, 1.82) is 0 Å². The van der Waals surface area contributed by atoms with Gasteiger partial charge in [-0.2, -0.15) is 0 Å². The second kappa shape index (κ2) is 7.45. The molecular weight excluding hydrogens is 350 g/mol. The molecule has 7 nitrogen and oxygen atoms in total. The predicted molar refractivity (Wildman–Crippen MR) is 95.9 cm³/mol. The minimum Gasteiger partial charge on any atom is -0.394 e. The lowest BCUT2D eigenvalue weighted by Crippen LogP contribution is -2.38. The number of aromatic nitrogens is 1. The van der Waals surface area contributed by atoms with E-state index < -0.39 is 10.0 Å². The number of benzene rings is 1. The van der Waals surface area contributed by atoms with E-state index in [1.165, 1.54) is 0 Å². The number of carbonyl (C=O) groups is 1. The first kappa shape index (κ1) is 18.6. The normalized spacial score (nSPS) is 13.2. The number of nitrogens with zero attached hydrogens (tertiary/aromatic N) is 1. The highest BCUT2D eigenvalue weighted by molar-refractivity contribution is 7.92. The number of carbonyl (C=O) groups excluding carboxylic acids is 1. The van der Waals surface area contributed by atoms with Crippen LogP contribution in [0.25, 0.3) is 10.2 Å². The van der Waals surface area contributed by atoms with E-state index in [0.717, 1.165) is 17.6 Å². The van der Waals surface area contributed by atoms with Crippen LogP contribution in [0, 0.1) is 5.92 Å². The fraction of sp³-hybridized carbons (Fsp3) is 0.467. The minimum absolute atomic E-state index is 0.116. The second-order valence-corrected chi connectivity index (χ2v) is 8.84. The van der Waals surface area contributed by atoms with Crippen molar-refractivity contribution < 1.29 is 18.3 Å². The molecule has 0 aliphatic rings. The number of aliphatic hydroxyl groups excluding tert-OH is 1. The fourth-order valence-electron chi connectivity index (χ4n) is 2.28. The average Bonchev–Trinajstić information content (AvgIpc) is 2.84. The molecule has 2 rings (SSSR count). The zero-order chi connectivity index (χ0) is 17.9. The zero-order valence-electron chi connectivity index (χ0n) is 13.7. The largest absolute Gasteiger partial charge is 0.394 e. The van der Waals surface area contributed by atoms with Crippen molar-refractivity contribution in [3.05, 3.63) is 23.8 Å². The molecule has 1 aromatic carbocycles. The number of fused-ring (bicyclic) bond motifs is 1. The molecule has 132 valence electrons. The number of rotatable bonds is 7. The number of nitrogens with one attached hydrogen (secondary N) is 2. The summed E-state index contributed by atoms with van der Waals surface area (Å²) < 4.78 is 25.6. The van der Waals surface area contributed by atoms with Gasteiger partial charge in [0.1, 0.15) is 0 Å². The minimum atomic E-state index is -3.39. The lowest BCUT2D eigenvalue weighted by atomic mass is 10.0. The maximum Gasteiger partial charge on any atom is 0.251 e. The number of anilines is 1. The monoisotopic (exact) mass is 371 g/mol. The van der Waals surface area contributed by atoms with Crippen LogP contribution in [-0.4, -0.2) is 43.3 Å². The molecule has 0 aliphatic heterocycles. The van der Waals surface area contributed by atoms with E-state index in [4.69, 9.17) is 0 Å². The molecule has 3 N–H and O–H groups in total. The molecule has 1 amide bonds. The number of hydrogen-bond donors (Lipinski definition) is 3. The highest BCUT2D eigenvalue weighted by Gasteiger charge is 2.16. The Hall–Kier alpha value is -1.71. The quantitative estimate of drug-likeness (QED) is 0.688. The van der Waals surface area contributed by atoms with Gasteiger partial charge < -0.3 is 10.4 Å². The number of sulfonamides is 1. The summed E-state index contributed by atoms with van der Waals surface area (Å²) in [4.78, 5) is 16.5. The van der Waals surface area contributed by atoms with Crippen molar-refractivity contribution in [2.45, 2.75) is 26.3 Å². The van der Waals surface area contributed by atoms with Crippen molar-refractivity contribution in [2.24, 2.45) is 5.92 Å². The molecule has 0 unspecified atom stereocenters. The van der Waals surface area contributed by atoms with Crippen LogP contribution in [0.2, 0.25) is 0 Å². The Bertz CT molecular complexity index is 830. The number of hydrogen-bond acceptors (Lipinski definition) is 6. The predicted octanol–water partition coefficient (Wildman–Crippen LogP) is 1.80. The third-order valence-electron chi connectivity index (χ3n) is 3.23. The van der Waals surface area contributed by atoms with E-state index in [-0.39, 0.29) is 23.7 Å². The van der Waals surface area contributed by atoms with Crippen molar-refractivity contribution in [2.75, 3.05) is 17.6 Å². The van der Waals surface area contributed by atoms with Gasteiger partial charge in [-0.3, -0.25) is 9.52 Å². The van der Waals surface area contributed by atoms with Crippen molar-refractivity contribution >= 4 is 42.6 Å². The van der Waals surface area contributed by atoms with Gasteiger partial charge in [0.2, 0.25) is 10.0 Å². The van der Waals surface area contributed by atoms with Gasteiger partial charge in [-0.1, -0.05) is 25.2 Å². The van der Waals surface area contributed by atoms with E-state index in [2.05, 4.69) is 15.0 Å². The standard InChI is InChI=1S/C15H21N3O4S2/c1-9(2)6-11(8-19)16-14(20)10-4-5-12-13(7-10)23-15(17-12)18-24(3,21)22/h4-5,7,9,11,19H,6,8H2,1-3H3,(H,16,20)(H,17,18)/t11-/m0/s1. The zero-order valence-corrected chi connectivity index (χ0v) is 15.4. The van der Waals surface area contributed by atoms with Crippen LogP contribution in [0.4, 0.5) is 5.13 Å². The number of aliphatic hydroxyl groups is 1. The highest BCUT2D eigenvalue weighted by atomic mass is 32.2. The van der Waals surface area contributed by atoms with Crippen LogP contribution in [0.15, 0.2) is 18.2 Å². The van der Waals surface area contributed by atoms with E-state index >= 15 is 0 Å². The summed E-state index contributed by atoms with van der Waals surface area (Å²) in [7, 11) is -3.39. The van der Waals surface area contributed by atoms with E-state index in [9.17, 15) is 18.3 Å². The average molecular weight is 371 g/mol. The summed E-state index contributed by atoms with van der Waals surface area (Å²) in [6.07, 6.45) is 1.75. The van der Waals surface area contributed by atoms with Crippen LogP contribution in [0.3, 0.4) is 0 Å². The van der Waals surface area contributed by atoms with Gasteiger partial charge >= 0.3 is 0 Å². The van der Waals surface area contributed by atoms with Crippen molar-refractivity contribution in [3.63, 3.8) is 0 Å². The van der Waals surface area contributed by atoms with Crippen LogP contribution in [0.5, 0.6) is 0 Å². The molecule has 0 aliphatic carbocycles. The summed E-state index contributed by atoms with van der Waals surface area (Å²) in [5, 5.41) is 12.4. The molecule has 0 fully saturated rings. The Labute approximate surface area is 145 Å². The molecule has 1 aromatic heterocycles. The van der Waals surface area contributed by atoms with Crippen LogP contribution >= 0.6 is 11.3 Å². The Morgan fingerprint density at radius 1 is 1.38 bits per heavy atom. The fourth-order valence-corrected chi connectivity index (χ4v) is 4.03. The molecular formula is C15H21N3O4S2. The first-order valence-corrected chi connectivity index (χ1v) is 10.2. The Morgan fingerprint density at radius 2 is 2.08 bits per heavy atom. The van der Waals surface area contributed by atoms with Gasteiger partial charge in [0.25, 0.3) is 5.91 Å². The lowest BCUT2D eigenvalue weighted by Gasteiger charge is -2.18.